The molecule has 0 fully saturated rings. The lowest BCUT2D eigenvalue weighted by Gasteiger charge is -2.11. The quantitative estimate of drug-likeness (QED) is 0.835. The number of hydrogen-bond acceptors (Lipinski definition) is 2. The zero-order chi connectivity index (χ0) is 14.0. The molecule has 2 rings (SSSR count). The van der Waals surface area contributed by atoms with Crippen LogP contribution in [0.4, 0.5) is 15.8 Å². The minimum atomic E-state index is -0.447. The molecule has 0 unspecified atom stereocenters. The fraction of sp³-hybridized carbons (Fsp3) is 0.0714. The molecule has 0 atom stereocenters. The van der Waals surface area contributed by atoms with Gasteiger partial charge in [-0.15, -0.1) is 0 Å². The number of rotatable bonds is 3. The first-order valence-corrected chi connectivity index (χ1v) is 6.39. The lowest BCUT2D eigenvalue weighted by molar-refractivity contribution is 0.626. The van der Waals surface area contributed by atoms with E-state index in [1.807, 2.05) is 19.1 Å². The van der Waals surface area contributed by atoms with Crippen LogP contribution in [0.25, 0.3) is 0 Å². The van der Waals surface area contributed by atoms with Crippen LogP contribution in [0, 0.1) is 12.7 Å². The van der Waals surface area contributed by atoms with Gasteiger partial charge in [-0.3, -0.25) is 0 Å². The number of thiocarbonyl (C=S) groups is 1. The van der Waals surface area contributed by atoms with Crippen molar-refractivity contribution in [3.63, 3.8) is 0 Å². The molecule has 0 aliphatic carbocycles. The summed E-state index contributed by atoms with van der Waals surface area (Å²) in [7, 11) is 0. The number of anilines is 2. The molecule has 0 aliphatic rings. The summed E-state index contributed by atoms with van der Waals surface area (Å²) in [6.07, 6.45) is 0. The molecule has 2 aromatic carbocycles. The lowest BCUT2D eigenvalue weighted by Crippen LogP contribution is -2.11. The molecule has 0 spiro atoms. The fourth-order valence-electron chi connectivity index (χ4n) is 1.69. The summed E-state index contributed by atoms with van der Waals surface area (Å²) >= 11 is 10.8. The molecule has 0 amide bonds. The summed E-state index contributed by atoms with van der Waals surface area (Å²) in [5.41, 5.74) is 8.00. The van der Waals surface area contributed by atoms with Crippen molar-refractivity contribution in [1.82, 2.24) is 0 Å². The highest BCUT2D eigenvalue weighted by Gasteiger charge is 2.07. The first kappa shape index (κ1) is 13.8. The van der Waals surface area contributed by atoms with Gasteiger partial charge in [0.25, 0.3) is 0 Å². The van der Waals surface area contributed by atoms with Gasteiger partial charge in [-0.2, -0.15) is 0 Å². The van der Waals surface area contributed by atoms with Crippen LogP contribution in [-0.4, -0.2) is 4.99 Å². The van der Waals surface area contributed by atoms with Gasteiger partial charge in [-0.1, -0.05) is 29.9 Å². The van der Waals surface area contributed by atoms with Gasteiger partial charge in [-0.25, -0.2) is 4.39 Å². The molecular formula is C14H12ClFN2S. The predicted molar refractivity (Wildman–Crippen MR) is 81.8 cm³/mol. The second-order valence-electron chi connectivity index (χ2n) is 4.10. The maximum Gasteiger partial charge on any atom is 0.135 e. The molecule has 3 N–H and O–H groups in total. The van der Waals surface area contributed by atoms with Gasteiger partial charge < -0.3 is 11.1 Å². The normalized spacial score (nSPS) is 10.3. The van der Waals surface area contributed by atoms with Crippen LogP contribution in [-0.2, 0) is 0 Å². The van der Waals surface area contributed by atoms with Gasteiger partial charge in [0.2, 0.25) is 0 Å². The van der Waals surface area contributed by atoms with Crippen molar-refractivity contribution >= 4 is 40.2 Å². The summed E-state index contributed by atoms with van der Waals surface area (Å²) < 4.78 is 13.7. The molecule has 0 radical (unpaired) electrons. The molecule has 0 saturated carbocycles. The van der Waals surface area contributed by atoms with E-state index in [2.05, 4.69) is 5.32 Å². The Kier molecular flexibility index (Phi) is 4.02. The second kappa shape index (κ2) is 5.55. The van der Waals surface area contributed by atoms with Crippen molar-refractivity contribution in [2.75, 3.05) is 5.32 Å². The third kappa shape index (κ3) is 3.03. The van der Waals surface area contributed by atoms with Gasteiger partial charge >= 0.3 is 0 Å². The van der Waals surface area contributed by atoms with E-state index in [-0.39, 0.29) is 10.6 Å². The van der Waals surface area contributed by atoms with Gasteiger partial charge in [0.15, 0.2) is 0 Å². The maximum atomic E-state index is 13.7. The van der Waals surface area contributed by atoms with Gasteiger partial charge in [0.05, 0.1) is 0 Å². The van der Waals surface area contributed by atoms with Crippen molar-refractivity contribution < 1.29 is 4.39 Å². The molecule has 0 aliphatic heterocycles. The molecule has 0 bridgehead atoms. The van der Waals surface area contributed by atoms with E-state index in [0.29, 0.717) is 10.7 Å². The number of nitrogens with two attached hydrogens (primary N) is 1. The molecule has 5 heteroatoms. The van der Waals surface area contributed by atoms with Crippen molar-refractivity contribution in [3.05, 3.63) is 58.4 Å². The maximum absolute atomic E-state index is 13.7. The van der Waals surface area contributed by atoms with Crippen LogP contribution in [0.1, 0.15) is 11.1 Å². The van der Waals surface area contributed by atoms with E-state index in [0.717, 1.165) is 11.3 Å². The summed E-state index contributed by atoms with van der Waals surface area (Å²) in [6, 6.07) is 10.1. The monoisotopic (exact) mass is 294 g/mol. The van der Waals surface area contributed by atoms with Gasteiger partial charge in [-0.05, 0) is 42.8 Å². The summed E-state index contributed by atoms with van der Waals surface area (Å²) in [5, 5.41) is 3.77. The van der Waals surface area contributed by atoms with E-state index in [4.69, 9.17) is 29.6 Å². The van der Waals surface area contributed by atoms with Crippen LogP contribution >= 0.6 is 23.8 Å². The largest absolute Gasteiger partial charge is 0.389 e. The minimum Gasteiger partial charge on any atom is -0.389 e. The molecule has 2 aromatic rings. The van der Waals surface area contributed by atoms with Crippen LogP contribution in [0.5, 0.6) is 0 Å². The number of halogens is 2. The molecule has 19 heavy (non-hydrogen) atoms. The van der Waals surface area contributed by atoms with Crippen LogP contribution < -0.4 is 11.1 Å². The van der Waals surface area contributed by atoms with Crippen molar-refractivity contribution in [1.29, 1.82) is 0 Å². The highest BCUT2D eigenvalue weighted by molar-refractivity contribution is 7.80. The zero-order valence-electron chi connectivity index (χ0n) is 10.2. The Balaban J connectivity index is 2.32. The molecule has 0 saturated heterocycles. The standard InChI is InChI=1S/C14H12ClFN2S/c1-8-11(15)3-2-4-13(8)18-9-5-6-10(14(17)19)12(16)7-9/h2-7,18H,1H3,(H2,17,19). The Morgan fingerprint density at radius 2 is 2.05 bits per heavy atom. The topological polar surface area (TPSA) is 38.0 Å². The summed E-state index contributed by atoms with van der Waals surface area (Å²) in [5.74, 6) is -0.447. The van der Waals surface area contributed by atoms with Crippen LogP contribution in [0.15, 0.2) is 36.4 Å². The molecule has 0 heterocycles. The predicted octanol–water partition coefficient (Wildman–Crippen LogP) is 4.17. The zero-order valence-corrected chi connectivity index (χ0v) is 11.8. The van der Waals surface area contributed by atoms with Crippen LogP contribution in [0.2, 0.25) is 5.02 Å². The second-order valence-corrected chi connectivity index (χ2v) is 4.94. The first-order chi connectivity index (χ1) is 8.99. The third-order valence-corrected chi connectivity index (χ3v) is 3.41. The fourth-order valence-corrected chi connectivity index (χ4v) is 2.03. The molecule has 2 nitrogen and oxygen atoms in total. The summed E-state index contributed by atoms with van der Waals surface area (Å²) in [6.45, 7) is 1.89. The van der Waals surface area contributed by atoms with Crippen molar-refractivity contribution in [3.8, 4) is 0 Å². The minimum absolute atomic E-state index is 0.0444. The van der Waals surface area contributed by atoms with Crippen LogP contribution in [0.3, 0.4) is 0 Å². The Morgan fingerprint density at radius 3 is 2.68 bits per heavy atom. The SMILES string of the molecule is Cc1c(Cl)cccc1Nc1ccc(C(N)=S)c(F)c1. The Morgan fingerprint density at radius 1 is 1.32 bits per heavy atom. The van der Waals surface area contributed by atoms with E-state index >= 15 is 0 Å². The molecule has 98 valence electrons. The Hall–Kier alpha value is -1.65. The number of benzene rings is 2. The van der Waals surface area contributed by atoms with Crippen molar-refractivity contribution in [2.45, 2.75) is 6.92 Å². The average Bonchev–Trinajstić information content (AvgIpc) is 2.34. The van der Waals surface area contributed by atoms with E-state index in [9.17, 15) is 4.39 Å². The van der Waals surface area contributed by atoms with Crippen molar-refractivity contribution in [2.24, 2.45) is 5.73 Å². The highest BCUT2D eigenvalue weighted by atomic mass is 35.5. The first-order valence-electron chi connectivity index (χ1n) is 5.60. The Labute approximate surface area is 121 Å². The lowest BCUT2D eigenvalue weighted by atomic mass is 10.1. The Bertz CT molecular complexity index is 643. The van der Waals surface area contributed by atoms with E-state index in [1.165, 1.54) is 6.07 Å². The van der Waals surface area contributed by atoms with E-state index < -0.39 is 5.82 Å². The molecule has 0 aromatic heterocycles. The van der Waals surface area contributed by atoms with Gasteiger partial charge in [0, 0.05) is 22.0 Å². The average molecular weight is 295 g/mol. The number of nitrogens with one attached hydrogen (secondary N) is 1. The number of hydrogen-bond donors (Lipinski definition) is 2. The summed E-state index contributed by atoms with van der Waals surface area (Å²) in [4.78, 5) is 0.0444. The van der Waals surface area contributed by atoms with E-state index in [1.54, 1.807) is 18.2 Å². The molecular weight excluding hydrogens is 283 g/mol. The smallest absolute Gasteiger partial charge is 0.135 e. The highest BCUT2D eigenvalue weighted by Crippen LogP contribution is 2.26. The third-order valence-electron chi connectivity index (χ3n) is 2.78. The van der Waals surface area contributed by atoms with Gasteiger partial charge in [0.1, 0.15) is 10.8 Å².